The largest absolute Gasteiger partial charge is 0.422 e. The highest BCUT2D eigenvalue weighted by Crippen LogP contribution is 2.88. The molecule has 1 spiro atoms. The highest BCUT2D eigenvalue weighted by atomic mass is 19.4. The summed E-state index contributed by atoms with van der Waals surface area (Å²) in [5.41, 5.74) is -40.0. The van der Waals surface area contributed by atoms with E-state index < -0.39 is 179 Å². The third-order valence-corrected chi connectivity index (χ3v) is 10.1. The van der Waals surface area contributed by atoms with E-state index in [1.165, 1.54) is 0 Å². The highest BCUT2D eigenvalue weighted by molar-refractivity contribution is 5.96. The van der Waals surface area contributed by atoms with Crippen molar-refractivity contribution in [3.8, 4) is 0 Å². The Morgan fingerprint density at radius 1 is 0.344 bits per heavy atom. The molecule has 2 fully saturated rings. The van der Waals surface area contributed by atoms with Crippen LogP contribution in [0, 0.1) is 63.7 Å². The van der Waals surface area contributed by atoms with E-state index in [0.29, 0.717) is 6.92 Å². The molecule has 0 heterocycles. The maximum Gasteiger partial charge on any atom is 0.422 e. The molecule has 27 heteroatoms. The van der Waals surface area contributed by atoms with Crippen molar-refractivity contribution in [2.75, 3.05) is 0 Å². The van der Waals surface area contributed by atoms with Crippen molar-refractivity contribution < 1.29 is 119 Å². The zero-order valence-electron chi connectivity index (χ0n) is 28.9. The topological polar surface area (TPSA) is 0 Å². The van der Waals surface area contributed by atoms with Gasteiger partial charge in [-0.1, -0.05) is 6.92 Å². The lowest BCUT2D eigenvalue weighted by Crippen LogP contribution is -2.22. The van der Waals surface area contributed by atoms with Gasteiger partial charge in [0.2, 0.25) is 0 Å². The Morgan fingerprint density at radius 2 is 0.590 bits per heavy atom. The molecular formula is C34H11F27. The molecule has 3 unspecified atom stereocenters. The lowest BCUT2D eigenvalue weighted by atomic mass is 9.93. The van der Waals surface area contributed by atoms with Gasteiger partial charge < -0.3 is 0 Å². The van der Waals surface area contributed by atoms with E-state index in [1.807, 2.05) is 0 Å². The molecule has 0 aliphatic heterocycles. The van der Waals surface area contributed by atoms with Crippen LogP contribution in [0.5, 0.6) is 0 Å². The lowest BCUT2D eigenvalue weighted by molar-refractivity contribution is -0.152. The van der Waals surface area contributed by atoms with Crippen molar-refractivity contribution >= 4 is 11.1 Å². The summed E-state index contributed by atoms with van der Waals surface area (Å²) >= 11 is 0. The van der Waals surface area contributed by atoms with E-state index in [0.717, 1.165) is 0 Å². The molecule has 3 aromatic carbocycles. The second-order valence-corrected chi connectivity index (χ2v) is 13.4. The van der Waals surface area contributed by atoms with Gasteiger partial charge in [0.15, 0.2) is 52.4 Å². The van der Waals surface area contributed by atoms with E-state index in [4.69, 9.17) is 0 Å². The standard InChI is InChI=1S/C34H11F27/c1-4(7-13(29(44,45)46)22(38)16(32(53,54)55)25(41)19(7)35)10-11(5(2)8-14(30(47,48)49)23(39)17(33(56,57)58)26(42)20(8)36)28(10)6(3)12(28)9-15(31(50,51)52)24(40)18(34(59,60)61)27(43)21(9)37/h6,12H,1-3H3/b10-4-,11-5?. The van der Waals surface area contributed by atoms with Crippen molar-refractivity contribution in [3.05, 3.63) is 114 Å². The summed E-state index contributed by atoms with van der Waals surface area (Å²) in [4.78, 5) is 0. The fourth-order valence-corrected chi connectivity index (χ4v) is 7.91. The van der Waals surface area contributed by atoms with Gasteiger partial charge in [0.25, 0.3) is 0 Å². The predicted molar refractivity (Wildman–Crippen MR) is 148 cm³/mol. The van der Waals surface area contributed by atoms with Gasteiger partial charge in [0.05, 0.1) is 5.56 Å². The van der Waals surface area contributed by atoms with Gasteiger partial charge in [-0.25, -0.2) is 39.5 Å². The number of allylic oxidation sites excluding steroid dienone is 4. The average molecular weight is 932 g/mol. The molecule has 61 heavy (non-hydrogen) atoms. The van der Waals surface area contributed by atoms with Gasteiger partial charge in [-0.15, -0.1) is 0 Å². The average Bonchev–Trinajstić information content (AvgIpc) is 3.89. The number of alkyl halides is 18. The minimum absolute atomic E-state index is 0.0524. The molecule has 2 aliphatic carbocycles. The quantitative estimate of drug-likeness (QED) is 0.181. The molecule has 0 nitrogen and oxygen atoms in total. The fourth-order valence-electron chi connectivity index (χ4n) is 7.91. The molecule has 2 saturated carbocycles. The number of hydrogen-bond donors (Lipinski definition) is 0. The normalized spacial score (nSPS) is 21.7. The summed E-state index contributed by atoms with van der Waals surface area (Å²) in [6.45, 7) is 0.279. The Labute approximate surface area is 318 Å². The SMILES string of the molecule is CC(=C1/C(=C(\C)c2c(F)c(F)c(C(F)(F)F)c(F)c2C(F)(F)F)C12C(C)C2c1c(F)c(F)c(C(F)(F)F)c(F)c1C(F)(F)F)c1c(F)c(F)c(C(F)(F)F)c(F)c1C(F)(F)F. The first-order valence-corrected chi connectivity index (χ1v) is 15.6. The third kappa shape index (κ3) is 6.85. The molecule has 3 aromatic rings. The van der Waals surface area contributed by atoms with Gasteiger partial charge in [-0.2, -0.15) is 79.0 Å². The first kappa shape index (κ1) is 47.3. The molecule has 0 N–H and O–H groups in total. The van der Waals surface area contributed by atoms with Crippen molar-refractivity contribution in [1.29, 1.82) is 0 Å². The van der Waals surface area contributed by atoms with Gasteiger partial charge in [0, 0.05) is 28.0 Å². The van der Waals surface area contributed by atoms with Gasteiger partial charge in [-0.05, 0) is 42.1 Å². The zero-order chi connectivity index (χ0) is 47.4. The Balaban J connectivity index is 2.08. The predicted octanol–water partition coefficient (Wildman–Crippen LogP) is 14.7. The summed E-state index contributed by atoms with van der Waals surface area (Å²) in [7, 11) is 0. The number of benzene rings is 3. The summed E-state index contributed by atoms with van der Waals surface area (Å²) in [6.07, 6.45) is -39.4. The summed E-state index contributed by atoms with van der Waals surface area (Å²) in [5.74, 6) is -37.2. The third-order valence-electron chi connectivity index (χ3n) is 10.1. The smallest absolute Gasteiger partial charge is 0.206 e. The molecule has 0 radical (unpaired) electrons. The molecule has 2 aliphatic rings. The molecule has 0 aromatic heterocycles. The van der Waals surface area contributed by atoms with Gasteiger partial charge in [0.1, 0.15) is 27.8 Å². The van der Waals surface area contributed by atoms with Crippen LogP contribution in [0.2, 0.25) is 0 Å². The number of rotatable bonds is 3. The van der Waals surface area contributed by atoms with Gasteiger partial charge >= 0.3 is 37.1 Å². The minimum atomic E-state index is -6.63. The van der Waals surface area contributed by atoms with Crippen LogP contribution >= 0.6 is 0 Å². The highest BCUT2D eigenvalue weighted by Gasteiger charge is 2.80. The second kappa shape index (κ2) is 13.6. The lowest BCUT2D eigenvalue weighted by Gasteiger charge is -2.20. The van der Waals surface area contributed by atoms with Crippen LogP contribution in [0.15, 0.2) is 11.1 Å². The Hall–Kier alpha value is -4.75. The molecule has 3 atom stereocenters. The number of halogens is 27. The van der Waals surface area contributed by atoms with Crippen LogP contribution in [0.3, 0.4) is 0 Å². The summed E-state index contributed by atoms with van der Waals surface area (Å²) < 4.78 is 386. The molecule has 0 saturated heterocycles. The second-order valence-electron chi connectivity index (χ2n) is 13.4. The molecule has 0 amide bonds. The molecular weight excluding hydrogens is 921 g/mol. The van der Waals surface area contributed by atoms with Crippen LogP contribution in [-0.2, 0) is 37.1 Å². The van der Waals surface area contributed by atoms with Gasteiger partial charge in [-0.3, -0.25) is 0 Å². The first-order valence-electron chi connectivity index (χ1n) is 15.6. The maximum atomic E-state index is 15.6. The fraction of sp³-hybridized carbons (Fsp3) is 0.353. The summed E-state index contributed by atoms with van der Waals surface area (Å²) in [6, 6.07) is 0. The van der Waals surface area contributed by atoms with Crippen LogP contribution in [0.25, 0.3) is 11.1 Å². The van der Waals surface area contributed by atoms with E-state index in [2.05, 4.69) is 0 Å². The van der Waals surface area contributed by atoms with Crippen LogP contribution in [0.4, 0.5) is 119 Å². The van der Waals surface area contributed by atoms with E-state index in [1.54, 1.807) is 0 Å². The zero-order valence-corrected chi connectivity index (χ0v) is 28.9. The summed E-state index contributed by atoms with van der Waals surface area (Å²) in [5, 5.41) is 0. The van der Waals surface area contributed by atoms with E-state index in [9.17, 15) is 92.2 Å². The molecule has 5 rings (SSSR count). The van der Waals surface area contributed by atoms with E-state index >= 15 is 26.3 Å². The molecule has 336 valence electrons. The molecule has 0 bridgehead atoms. The van der Waals surface area contributed by atoms with Crippen LogP contribution < -0.4 is 0 Å². The van der Waals surface area contributed by atoms with Crippen molar-refractivity contribution in [2.45, 2.75) is 63.7 Å². The number of hydrogen-bond acceptors (Lipinski definition) is 0. The monoisotopic (exact) mass is 932 g/mol. The minimum Gasteiger partial charge on any atom is -0.206 e. The van der Waals surface area contributed by atoms with Crippen molar-refractivity contribution in [1.82, 2.24) is 0 Å². The Bertz CT molecular complexity index is 2340. The van der Waals surface area contributed by atoms with Crippen molar-refractivity contribution in [3.63, 3.8) is 0 Å². The van der Waals surface area contributed by atoms with E-state index in [-0.39, 0.29) is 13.8 Å². The van der Waals surface area contributed by atoms with Crippen molar-refractivity contribution in [2.24, 2.45) is 11.3 Å². The Morgan fingerprint density at radius 3 is 0.852 bits per heavy atom. The maximum absolute atomic E-state index is 15.6. The van der Waals surface area contributed by atoms with Crippen LogP contribution in [-0.4, -0.2) is 0 Å². The first-order chi connectivity index (χ1) is 27.1. The Kier molecular flexibility index (Phi) is 10.6. The van der Waals surface area contributed by atoms with Crippen LogP contribution in [0.1, 0.15) is 76.8 Å².